The third-order valence-corrected chi connectivity index (χ3v) is 3.89. The van der Waals surface area contributed by atoms with Gasteiger partial charge in [0.05, 0.1) is 0 Å². The lowest BCUT2D eigenvalue weighted by molar-refractivity contribution is 0.135. The average Bonchev–Trinajstić information content (AvgIpc) is 3.00. The van der Waals surface area contributed by atoms with E-state index in [4.69, 9.17) is 9.15 Å². The number of hydrogen-bond donors (Lipinski definition) is 0. The van der Waals surface area contributed by atoms with E-state index in [-0.39, 0.29) is 6.10 Å². The summed E-state index contributed by atoms with van der Waals surface area (Å²) in [6, 6.07) is 22.5. The van der Waals surface area contributed by atoms with Crippen molar-refractivity contribution in [3.8, 4) is 11.3 Å². The molecule has 1 unspecified atom stereocenters. The molecule has 1 aromatic heterocycles. The van der Waals surface area contributed by atoms with E-state index in [1.807, 2.05) is 36.4 Å². The average molecular weight is 318 g/mol. The summed E-state index contributed by atoms with van der Waals surface area (Å²) < 4.78 is 12.0. The normalized spacial score (nSPS) is 12.0. The maximum absolute atomic E-state index is 6.16. The summed E-state index contributed by atoms with van der Waals surface area (Å²) in [4.78, 5) is 0. The highest BCUT2D eigenvalue weighted by atomic mass is 16.5. The van der Waals surface area contributed by atoms with Gasteiger partial charge in [-0.25, -0.2) is 0 Å². The zero-order valence-electron chi connectivity index (χ0n) is 14.3. The van der Waals surface area contributed by atoms with Crippen LogP contribution in [0.1, 0.15) is 36.8 Å². The number of ether oxygens (including phenoxy) is 1. The Morgan fingerprint density at radius 3 is 2.17 bits per heavy atom. The first-order chi connectivity index (χ1) is 11.7. The van der Waals surface area contributed by atoms with Gasteiger partial charge in [0.1, 0.15) is 17.6 Å². The number of furan rings is 1. The molecule has 3 rings (SSSR count). The molecule has 0 spiro atoms. The Balaban J connectivity index is 2.11. The maximum Gasteiger partial charge on any atom is 0.135 e. The van der Waals surface area contributed by atoms with E-state index >= 15 is 0 Å². The molecule has 3 aromatic rings. The molecule has 24 heavy (non-hydrogen) atoms. The molecule has 0 N–H and O–H groups in total. The molecular weight excluding hydrogens is 296 g/mol. The molecule has 0 bridgehead atoms. The molecule has 0 amide bonds. The first-order valence-corrected chi connectivity index (χ1v) is 8.11. The van der Waals surface area contributed by atoms with Gasteiger partial charge in [0, 0.05) is 18.2 Å². The Labute approximate surface area is 143 Å². The van der Waals surface area contributed by atoms with Gasteiger partial charge in [-0.2, -0.15) is 0 Å². The minimum Gasteiger partial charge on any atom is -0.456 e. The van der Waals surface area contributed by atoms with Crippen LogP contribution in [0.25, 0.3) is 17.4 Å². The van der Waals surface area contributed by atoms with Gasteiger partial charge < -0.3 is 9.15 Å². The molecule has 0 fully saturated rings. The molecule has 0 aliphatic heterocycles. The maximum atomic E-state index is 6.16. The third-order valence-electron chi connectivity index (χ3n) is 3.89. The van der Waals surface area contributed by atoms with Crippen molar-refractivity contribution >= 4 is 6.08 Å². The highest BCUT2D eigenvalue weighted by Gasteiger charge is 2.21. The first-order valence-electron chi connectivity index (χ1n) is 8.11. The van der Waals surface area contributed by atoms with Crippen LogP contribution in [-0.2, 0) is 4.74 Å². The van der Waals surface area contributed by atoms with Gasteiger partial charge in [0.2, 0.25) is 0 Å². The van der Waals surface area contributed by atoms with Gasteiger partial charge >= 0.3 is 0 Å². The van der Waals surface area contributed by atoms with E-state index in [2.05, 4.69) is 50.3 Å². The summed E-state index contributed by atoms with van der Waals surface area (Å²) in [6.07, 6.45) is 1.91. The predicted octanol–water partition coefficient (Wildman–Crippen LogP) is 6.11. The number of rotatable bonds is 5. The molecule has 0 aliphatic rings. The standard InChI is InChI=1S/C22H22O2/c1-16(2)14-21-19(22(23-3)18-12-8-5-9-13-18)15-20(24-21)17-10-6-4-7-11-17/h4-15,22H,1-3H3. The van der Waals surface area contributed by atoms with Crippen molar-refractivity contribution in [2.24, 2.45) is 0 Å². The van der Waals surface area contributed by atoms with Crippen molar-refractivity contribution in [3.05, 3.63) is 89.2 Å². The van der Waals surface area contributed by atoms with Crippen LogP contribution in [0.3, 0.4) is 0 Å². The molecule has 1 heterocycles. The second kappa shape index (κ2) is 7.33. The van der Waals surface area contributed by atoms with Crippen LogP contribution in [0, 0.1) is 0 Å². The van der Waals surface area contributed by atoms with E-state index in [0.717, 1.165) is 28.2 Å². The second-order valence-electron chi connectivity index (χ2n) is 6.04. The van der Waals surface area contributed by atoms with Crippen LogP contribution in [0.5, 0.6) is 0 Å². The fraction of sp³-hybridized carbons (Fsp3) is 0.182. The third kappa shape index (κ3) is 3.50. The van der Waals surface area contributed by atoms with Gasteiger partial charge in [-0.05, 0) is 31.6 Å². The number of benzene rings is 2. The smallest absolute Gasteiger partial charge is 0.135 e. The van der Waals surface area contributed by atoms with Crippen molar-refractivity contribution in [1.82, 2.24) is 0 Å². The predicted molar refractivity (Wildman–Crippen MR) is 98.8 cm³/mol. The fourth-order valence-corrected chi connectivity index (χ4v) is 2.81. The van der Waals surface area contributed by atoms with Gasteiger partial charge in [-0.3, -0.25) is 0 Å². The van der Waals surface area contributed by atoms with Crippen LogP contribution in [-0.4, -0.2) is 7.11 Å². The quantitative estimate of drug-likeness (QED) is 0.566. The van der Waals surface area contributed by atoms with Crippen LogP contribution in [0.15, 0.2) is 76.7 Å². The van der Waals surface area contributed by atoms with Crippen LogP contribution >= 0.6 is 0 Å². The Bertz CT molecular complexity index is 810. The topological polar surface area (TPSA) is 22.4 Å². The van der Waals surface area contributed by atoms with Crippen molar-refractivity contribution in [1.29, 1.82) is 0 Å². The molecule has 2 nitrogen and oxygen atoms in total. The van der Waals surface area contributed by atoms with E-state index in [1.54, 1.807) is 7.11 Å². The SMILES string of the molecule is COC(c1ccccc1)c1cc(-c2ccccc2)oc1C=C(C)C. The van der Waals surface area contributed by atoms with Crippen LogP contribution in [0.2, 0.25) is 0 Å². The van der Waals surface area contributed by atoms with E-state index in [0.29, 0.717) is 0 Å². The van der Waals surface area contributed by atoms with Crippen molar-refractivity contribution < 1.29 is 9.15 Å². The molecule has 0 aliphatic carbocycles. The largest absolute Gasteiger partial charge is 0.456 e. The summed E-state index contributed by atoms with van der Waals surface area (Å²) in [5.41, 5.74) is 4.41. The summed E-state index contributed by atoms with van der Waals surface area (Å²) in [5.74, 6) is 1.71. The molecule has 122 valence electrons. The molecule has 0 radical (unpaired) electrons. The Morgan fingerprint density at radius 1 is 0.958 bits per heavy atom. The lowest BCUT2D eigenvalue weighted by atomic mass is 10.00. The lowest BCUT2D eigenvalue weighted by Gasteiger charge is -2.15. The minimum absolute atomic E-state index is 0.155. The van der Waals surface area contributed by atoms with Gasteiger partial charge in [-0.15, -0.1) is 0 Å². The summed E-state index contributed by atoms with van der Waals surface area (Å²) >= 11 is 0. The van der Waals surface area contributed by atoms with Crippen LogP contribution < -0.4 is 0 Å². The molecule has 2 aromatic carbocycles. The number of hydrogen-bond acceptors (Lipinski definition) is 2. The molecular formula is C22H22O2. The number of allylic oxidation sites excluding steroid dienone is 1. The van der Waals surface area contributed by atoms with Gasteiger partial charge in [-0.1, -0.05) is 66.2 Å². The molecule has 0 saturated carbocycles. The highest BCUT2D eigenvalue weighted by molar-refractivity contribution is 5.64. The van der Waals surface area contributed by atoms with Crippen molar-refractivity contribution in [2.75, 3.05) is 7.11 Å². The Hall–Kier alpha value is -2.58. The lowest BCUT2D eigenvalue weighted by Crippen LogP contribution is -2.03. The molecule has 2 heteroatoms. The van der Waals surface area contributed by atoms with Gasteiger partial charge in [0.25, 0.3) is 0 Å². The Kier molecular flexibility index (Phi) is 4.97. The molecule has 1 atom stereocenters. The first kappa shape index (κ1) is 16.3. The fourth-order valence-electron chi connectivity index (χ4n) is 2.81. The minimum atomic E-state index is -0.155. The van der Waals surface area contributed by atoms with E-state index in [9.17, 15) is 0 Å². The van der Waals surface area contributed by atoms with Crippen molar-refractivity contribution in [2.45, 2.75) is 20.0 Å². The zero-order chi connectivity index (χ0) is 16.9. The zero-order valence-corrected chi connectivity index (χ0v) is 14.3. The Morgan fingerprint density at radius 2 is 1.58 bits per heavy atom. The van der Waals surface area contributed by atoms with E-state index in [1.165, 1.54) is 5.57 Å². The number of methoxy groups -OCH3 is 1. The second-order valence-corrected chi connectivity index (χ2v) is 6.04. The highest BCUT2D eigenvalue weighted by Crippen LogP contribution is 2.35. The summed E-state index contributed by atoms with van der Waals surface area (Å²) in [7, 11) is 1.74. The monoisotopic (exact) mass is 318 g/mol. The summed E-state index contributed by atoms with van der Waals surface area (Å²) in [6.45, 7) is 4.14. The van der Waals surface area contributed by atoms with E-state index < -0.39 is 0 Å². The van der Waals surface area contributed by atoms with Crippen LogP contribution in [0.4, 0.5) is 0 Å². The summed E-state index contributed by atoms with van der Waals surface area (Å²) in [5, 5.41) is 0. The molecule has 0 saturated heterocycles. The van der Waals surface area contributed by atoms with Gasteiger partial charge in [0.15, 0.2) is 0 Å². The van der Waals surface area contributed by atoms with Crippen molar-refractivity contribution in [3.63, 3.8) is 0 Å².